The van der Waals surface area contributed by atoms with Gasteiger partial charge in [-0.15, -0.1) is 13.2 Å². The molecular formula is C23H20F3N3O3S2. The second-order valence-corrected chi connectivity index (χ2v) is 9.85. The summed E-state index contributed by atoms with van der Waals surface area (Å²) in [6.07, 6.45) is -4.30. The van der Waals surface area contributed by atoms with E-state index in [1.807, 2.05) is 24.3 Å². The molecule has 6 nitrogen and oxygen atoms in total. The van der Waals surface area contributed by atoms with Crippen LogP contribution in [-0.4, -0.2) is 32.2 Å². The molecule has 34 heavy (non-hydrogen) atoms. The molecule has 0 radical (unpaired) electrons. The van der Waals surface area contributed by atoms with Gasteiger partial charge in [0, 0.05) is 24.0 Å². The molecule has 178 valence electrons. The minimum absolute atomic E-state index is 0.0175. The molecule has 4 aromatic rings. The summed E-state index contributed by atoms with van der Waals surface area (Å²) in [5.74, 6) is 0.415. The number of sulfonamides is 1. The summed E-state index contributed by atoms with van der Waals surface area (Å²) in [5, 5.41) is 4.24. The number of ether oxygens (including phenoxy) is 1. The Labute approximate surface area is 198 Å². The number of anilines is 1. The van der Waals surface area contributed by atoms with Crippen LogP contribution in [0.4, 0.5) is 19.0 Å². The fourth-order valence-corrected chi connectivity index (χ4v) is 5.16. The largest absolute Gasteiger partial charge is 0.573 e. The number of aromatic nitrogens is 1. The van der Waals surface area contributed by atoms with Crippen LogP contribution >= 0.6 is 11.5 Å². The third kappa shape index (κ3) is 5.85. The van der Waals surface area contributed by atoms with E-state index in [2.05, 4.69) is 19.1 Å². The highest BCUT2D eigenvalue weighted by atomic mass is 32.2. The van der Waals surface area contributed by atoms with Gasteiger partial charge < -0.3 is 10.1 Å². The topological polar surface area (TPSA) is 80.3 Å². The summed E-state index contributed by atoms with van der Waals surface area (Å²) >= 11 is 1.39. The molecule has 3 aromatic carbocycles. The standard InChI is InChI=1S/C23H20F3N3O3S2/c24-23(25,26)32-20-8-3-1-6-18(20)16-10-12-17(13-11-16)34(30,31)28-15-5-14-27-22-19-7-2-4-9-21(19)33-29-22/h1-4,6-13,28H,5,14-15H2,(H,27,29). The molecule has 0 aliphatic carbocycles. The fourth-order valence-electron chi connectivity index (χ4n) is 3.33. The maximum absolute atomic E-state index is 12.7. The van der Waals surface area contributed by atoms with Crippen molar-refractivity contribution < 1.29 is 26.3 Å². The SMILES string of the molecule is O=S(=O)(NCCCNc1nsc2ccccc12)c1ccc(-c2ccccc2OC(F)(F)F)cc1. The van der Waals surface area contributed by atoms with Gasteiger partial charge in [0.15, 0.2) is 0 Å². The van der Waals surface area contributed by atoms with Crippen molar-refractivity contribution in [2.45, 2.75) is 17.7 Å². The number of halogens is 3. The van der Waals surface area contributed by atoms with Crippen molar-refractivity contribution in [2.75, 3.05) is 18.4 Å². The van der Waals surface area contributed by atoms with Crippen molar-refractivity contribution in [1.82, 2.24) is 9.10 Å². The predicted molar refractivity (Wildman–Crippen MR) is 126 cm³/mol. The summed E-state index contributed by atoms with van der Waals surface area (Å²) < 4.78 is 75.2. The lowest BCUT2D eigenvalue weighted by Crippen LogP contribution is -2.26. The Bertz CT molecular complexity index is 1370. The van der Waals surface area contributed by atoms with E-state index >= 15 is 0 Å². The molecule has 0 atom stereocenters. The zero-order valence-electron chi connectivity index (χ0n) is 17.7. The summed E-state index contributed by atoms with van der Waals surface area (Å²) in [5.41, 5.74) is 0.607. The van der Waals surface area contributed by atoms with Crippen molar-refractivity contribution in [3.63, 3.8) is 0 Å². The minimum atomic E-state index is -4.83. The molecule has 0 aliphatic rings. The van der Waals surface area contributed by atoms with Gasteiger partial charge in [0.2, 0.25) is 10.0 Å². The number of fused-ring (bicyclic) bond motifs is 1. The van der Waals surface area contributed by atoms with E-state index in [0.29, 0.717) is 18.5 Å². The average Bonchev–Trinajstić information content (AvgIpc) is 3.21. The van der Waals surface area contributed by atoms with Gasteiger partial charge in [-0.1, -0.05) is 42.5 Å². The maximum Gasteiger partial charge on any atom is 0.573 e. The lowest BCUT2D eigenvalue weighted by molar-refractivity contribution is -0.274. The van der Waals surface area contributed by atoms with E-state index in [-0.39, 0.29) is 22.8 Å². The molecule has 0 saturated carbocycles. The highest BCUT2D eigenvalue weighted by Gasteiger charge is 2.32. The second kappa shape index (κ2) is 10.00. The van der Waals surface area contributed by atoms with Crippen LogP contribution in [0.1, 0.15) is 6.42 Å². The number of nitrogens with one attached hydrogen (secondary N) is 2. The summed E-state index contributed by atoms with van der Waals surface area (Å²) in [6.45, 7) is 0.743. The lowest BCUT2D eigenvalue weighted by atomic mass is 10.1. The third-order valence-corrected chi connectivity index (χ3v) is 7.21. The smallest absolute Gasteiger partial charge is 0.405 e. The van der Waals surface area contributed by atoms with Crippen LogP contribution in [0.15, 0.2) is 77.7 Å². The molecule has 2 N–H and O–H groups in total. The molecular weight excluding hydrogens is 487 g/mol. The highest BCUT2D eigenvalue weighted by Crippen LogP contribution is 2.34. The first-order valence-electron chi connectivity index (χ1n) is 10.3. The number of hydrogen-bond acceptors (Lipinski definition) is 6. The Morgan fingerprint density at radius 3 is 2.38 bits per heavy atom. The number of nitrogens with zero attached hydrogens (tertiary/aromatic N) is 1. The van der Waals surface area contributed by atoms with E-state index in [9.17, 15) is 21.6 Å². The average molecular weight is 508 g/mol. The van der Waals surface area contributed by atoms with Crippen LogP contribution in [0.2, 0.25) is 0 Å². The summed E-state index contributed by atoms with van der Waals surface area (Å²) in [7, 11) is -3.77. The molecule has 0 spiro atoms. The van der Waals surface area contributed by atoms with Gasteiger partial charge in [0.05, 0.1) is 9.60 Å². The van der Waals surface area contributed by atoms with Crippen LogP contribution in [0.5, 0.6) is 5.75 Å². The van der Waals surface area contributed by atoms with Crippen LogP contribution in [0.25, 0.3) is 21.2 Å². The molecule has 11 heteroatoms. The molecule has 1 heterocycles. The zero-order valence-corrected chi connectivity index (χ0v) is 19.3. The molecule has 0 fully saturated rings. The van der Waals surface area contributed by atoms with Crippen LogP contribution in [-0.2, 0) is 10.0 Å². The number of alkyl halides is 3. The van der Waals surface area contributed by atoms with E-state index < -0.39 is 16.4 Å². The normalized spacial score (nSPS) is 12.1. The number of rotatable bonds is 9. The number of hydrogen-bond donors (Lipinski definition) is 2. The first-order chi connectivity index (χ1) is 16.2. The monoisotopic (exact) mass is 507 g/mol. The molecule has 0 bridgehead atoms. The fraction of sp³-hybridized carbons (Fsp3) is 0.174. The first kappa shape index (κ1) is 24.0. The summed E-state index contributed by atoms with van der Waals surface area (Å²) in [6, 6.07) is 19.1. The van der Waals surface area contributed by atoms with E-state index in [1.54, 1.807) is 6.07 Å². The highest BCUT2D eigenvalue weighted by molar-refractivity contribution is 7.89. The number of para-hydroxylation sites is 1. The third-order valence-electron chi connectivity index (χ3n) is 4.90. The van der Waals surface area contributed by atoms with E-state index in [4.69, 9.17) is 0 Å². The molecule has 0 saturated heterocycles. The van der Waals surface area contributed by atoms with Crippen molar-refractivity contribution in [3.05, 3.63) is 72.8 Å². The molecule has 0 amide bonds. The Balaban J connectivity index is 1.34. The molecule has 4 rings (SSSR count). The van der Waals surface area contributed by atoms with Crippen molar-refractivity contribution in [3.8, 4) is 16.9 Å². The molecule has 0 aliphatic heterocycles. The predicted octanol–water partition coefficient (Wildman–Crippen LogP) is 5.64. The van der Waals surface area contributed by atoms with Gasteiger partial charge in [-0.3, -0.25) is 0 Å². The van der Waals surface area contributed by atoms with Gasteiger partial charge in [-0.25, -0.2) is 13.1 Å². The molecule has 1 aromatic heterocycles. The van der Waals surface area contributed by atoms with Gasteiger partial charge >= 0.3 is 6.36 Å². The Hall–Kier alpha value is -3.15. The second-order valence-electron chi connectivity index (χ2n) is 7.27. The first-order valence-corrected chi connectivity index (χ1v) is 12.5. The Morgan fingerprint density at radius 2 is 1.62 bits per heavy atom. The van der Waals surface area contributed by atoms with Crippen molar-refractivity contribution in [1.29, 1.82) is 0 Å². The minimum Gasteiger partial charge on any atom is -0.405 e. The van der Waals surface area contributed by atoms with Gasteiger partial charge in [0.25, 0.3) is 0 Å². The lowest BCUT2D eigenvalue weighted by Gasteiger charge is -2.13. The van der Waals surface area contributed by atoms with Crippen LogP contribution in [0, 0.1) is 0 Å². The van der Waals surface area contributed by atoms with E-state index in [1.165, 1.54) is 54.0 Å². The number of benzene rings is 3. The summed E-state index contributed by atoms with van der Waals surface area (Å²) in [4.78, 5) is 0.0175. The maximum atomic E-state index is 12.7. The molecule has 0 unspecified atom stereocenters. The Kier molecular flexibility index (Phi) is 7.05. The van der Waals surface area contributed by atoms with Gasteiger partial charge in [-0.2, -0.15) is 4.37 Å². The van der Waals surface area contributed by atoms with Crippen LogP contribution < -0.4 is 14.8 Å². The van der Waals surface area contributed by atoms with Crippen molar-refractivity contribution >= 4 is 37.5 Å². The Morgan fingerprint density at radius 1 is 0.912 bits per heavy atom. The van der Waals surface area contributed by atoms with E-state index in [0.717, 1.165) is 15.9 Å². The quantitative estimate of drug-likeness (QED) is 0.287. The van der Waals surface area contributed by atoms with Crippen LogP contribution in [0.3, 0.4) is 0 Å². The van der Waals surface area contributed by atoms with Gasteiger partial charge in [0.1, 0.15) is 11.6 Å². The van der Waals surface area contributed by atoms with Crippen molar-refractivity contribution in [2.24, 2.45) is 0 Å². The van der Waals surface area contributed by atoms with Gasteiger partial charge in [-0.05, 0) is 53.8 Å². The zero-order chi connectivity index (χ0) is 24.2.